The Kier molecular flexibility index (Phi) is 8.84. The van der Waals surface area contributed by atoms with Crippen LogP contribution in [0.15, 0.2) is 78.9 Å². The monoisotopic (exact) mass is 468 g/mol. The van der Waals surface area contributed by atoms with Gasteiger partial charge in [-0.2, -0.15) is 0 Å². The number of nitrogens with zero attached hydrogens (tertiary/aromatic N) is 1. The molecule has 0 aliphatic rings. The van der Waals surface area contributed by atoms with Crippen molar-refractivity contribution in [3.8, 4) is 5.75 Å². The molecule has 3 rings (SSSR count). The molecule has 7 heteroatoms. The standard InChI is InChI=1S/C26H26ClFN2O3/c1-19(26(32)29-16-15-20-7-3-2-4-8-20)30(17-21-11-13-22(28)14-12-21)25(31)18-33-24-10-6-5-9-23(24)27/h2-14,19H,15-18H2,1H3,(H,29,32)/t19-/m1/s1. The zero-order valence-corrected chi connectivity index (χ0v) is 19.1. The highest BCUT2D eigenvalue weighted by molar-refractivity contribution is 6.32. The lowest BCUT2D eigenvalue weighted by atomic mass is 10.1. The molecule has 0 saturated heterocycles. The number of rotatable bonds is 10. The van der Waals surface area contributed by atoms with E-state index in [1.807, 2.05) is 30.3 Å². The van der Waals surface area contributed by atoms with Crippen molar-refractivity contribution in [2.75, 3.05) is 13.2 Å². The Bertz CT molecular complexity index is 1060. The Balaban J connectivity index is 1.66. The van der Waals surface area contributed by atoms with Gasteiger partial charge in [-0.1, -0.05) is 66.2 Å². The van der Waals surface area contributed by atoms with E-state index in [0.29, 0.717) is 29.3 Å². The number of halogens is 2. The third kappa shape index (κ3) is 7.32. The molecule has 0 heterocycles. The molecule has 0 bridgehead atoms. The lowest BCUT2D eigenvalue weighted by molar-refractivity contribution is -0.142. The average molecular weight is 469 g/mol. The average Bonchev–Trinajstić information content (AvgIpc) is 2.83. The predicted molar refractivity (Wildman–Crippen MR) is 127 cm³/mol. The Hall–Kier alpha value is -3.38. The van der Waals surface area contributed by atoms with E-state index < -0.39 is 6.04 Å². The molecule has 0 unspecified atom stereocenters. The van der Waals surface area contributed by atoms with E-state index in [4.69, 9.17) is 16.3 Å². The molecule has 1 N–H and O–H groups in total. The van der Waals surface area contributed by atoms with E-state index in [1.165, 1.54) is 17.0 Å². The number of para-hydroxylation sites is 1. The molecule has 1 atom stereocenters. The fourth-order valence-corrected chi connectivity index (χ4v) is 3.47. The molecule has 3 aromatic carbocycles. The maximum absolute atomic E-state index is 13.3. The second-order valence-corrected chi connectivity index (χ2v) is 7.98. The summed E-state index contributed by atoms with van der Waals surface area (Å²) in [6.07, 6.45) is 0.681. The van der Waals surface area contributed by atoms with E-state index in [1.54, 1.807) is 43.3 Å². The maximum atomic E-state index is 13.3. The van der Waals surface area contributed by atoms with Crippen molar-refractivity contribution in [2.45, 2.75) is 25.9 Å². The van der Waals surface area contributed by atoms with Crippen molar-refractivity contribution in [2.24, 2.45) is 0 Å². The van der Waals surface area contributed by atoms with Gasteiger partial charge in [0.05, 0.1) is 5.02 Å². The van der Waals surface area contributed by atoms with E-state index in [-0.39, 0.29) is 30.8 Å². The van der Waals surface area contributed by atoms with Crippen LogP contribution in [-0.4, -0.2) is 35.9 Å². The van der Waals surface area contributed by atoms with Gasteiger partial charge >= 0.3 is 0 Å². The van der Waals surface area contributed by atoms with Crippen LogP contribution in [0.25, 0.3) is 0 Å². The molecule has 3 aromatic rings. The molecule has 0 radical (unpaired) electrons. The minimum atomic E-state index is -0.756. The molecule has 0 aromatic heterocycles. The van der Waals surface area contributed by atoms with Crippen LogP contribution in [-0.2, 0) is 22.6 Å². The third-order valence-corrected chi connectivity index (χ3v) is 5.49. The van der Waals surface area contributed by atoms with Gasteiger partial charge in [-0.25, -0.2) is 4.39 Å². The van der Waals surface area contributed by atoms with E-state index in [9.17, 15) is 14.0 Å². The fourth-order valence-electron chi connectivity index (χ4n) is 3.28. The van der Waals surface area contributed by atoms with Crippen LogP contribution in [0.4, 0.5) is 4.39 Å². The minimum Gasteiger partial charge on any atom is -0.482 e. The van der Waals surface area contributed by atoms with Gasteiger partial charge < -0.3 is 15.0 Å². The highest BCUT2D eigenvalue weighted by Gasteiger charge is 2.26. The zero-order chi connectivity index (χ0) is 23.6. The summed E-state index contributed by atoms with van der Waals surface area (Å²) in [5, 5.41) is 3.28. The quantitative estimate of drug-likeness (QED) is 0.472. The van der Waals surface area contributed by atoms with Gasteiger partial charge in [-0.05, 0) is 48.7 Å². The molecular weight excluding hydrogens is 443 g/mol. The first-order valence-electron chi connectivity index (χ1n) is 10.7. The zero-order valence-electron chi connectivity index (χ0n) is 18.3. The first-order chi connectivity index (χ1) is 15.9. The van der Waals surface area contributed by atoms with Crippen molar-refractivity contribution < 1.29 is 18.7 Å². The van der Waals surface area contributed by atoms with Crippen molar-refractivity contribution in [1.82, 2.24) is 10.2 Å². The Morgan fingerprint density at radius 3 is 2.33 bits per heavy atom. The molecule has 5 nitrogen and oxygen atoms in total. The summed E-state index contributed by atoms with van der Waals surface area (Å²) in [5.74, 6) is -0.649. The van der Waals surface area contributed by atoms with Gasteiger partial charge in [0, 0.05) is 13.1 Å². The van der Waals surface area contributed by atoms with Crippen molar-refractivity contribution in [3.63, 3.8) is 0 Å². The van der Waals surface area contributed by atoms with E-state index in [0.717, 1.165) is 5.56 Å². The van der Waals surface area contributed by atoms with Gasteiger partial charge in [-0.3, -0.25) is 9.59 Å². The van der Waals surface area contributed by atoms with Gasteiger partial charge in [-0.15, -0.1) is 0 Å². The summed E-state index contributed by atoms with van der Waals surface area (Å²) in [6, 6.07) is 21.7. The molecule has 0 fully saturated rings. The lowest BCUT2D eigenvalue weighted by Gasteiger charge is -2.29. The number of amides is 2. The van der Waals surface area contributed by atoms with Gasteiger partial charge in [0.15, 0.2) is 6.61 Å². The summed E-state index contributed by atoms with van der Waals surface area (Å²) < 4.78 is 18.9. The number of hydrogen-bond donors (Lipinski definition) is 1. The highest BCUT2D eigenvalue weighted by atomic mass is 35.5. The minimum absolute atomic E-state index is 0.137. The summed E-state index contributed by atoms with van der Waals surface area (Å²) in [5.41, 5.74) is 1.81. The lowest BCUT2D eigenvalue weighted by Crippen LogP contribution is -2.49. The molecule has 0 aliphatic carbocycles. The third-order valence-electron chi connectivity index (χ3n) is 5.18. The molecule has 172 valence electrons. The normalized spacial score (nSPS) is 11.5. The van der Waals surface area contributed by atoms with Crippen molar-refractivity contribution in [1.29, 1.82) is 0 Å². The Morgan fingerprint density at radius 2 is 1.64 bits per heavy atom. The second kappa shape index (κ2) is 12.0. The molecule has 33 heavy (non-hydrogen) atoms. The van der Waals surface area contributed by atoms with Crippen LogP contribution in [0.3, 0.4) is 0 Å². The largest absolute Gasteiger partial charge is 0.482 e. The molecule has 2 amide bonds. The first-order valence-corrected chi connectivity index (χ1v) is 11.0. The fraction of sp³-hybridized carbons (Fsp3) is 0.231. The van der Waals surface area contributed by atoms with Crippen molar-refractivity contribution >= 4 is 23.4 Å². The van der Waals surface area contributed by atoms with Crippen LogP contribution >= 0.6 is 11.6 Å². The smallest absolute Gasteiger partial charge is 0.261 e. The van der Waals surface area contributed by atoms with Crippen LogP contribution in [0.1, 0.15) is 18.1 Å². The SMILES string of the molecule is C[C@H](C(=O)NCCc1ccccc1)N(Cc1ccc(F)cc1)C(=O)COc1ccccc1Cl. The molecule has 0 aliphatic heterocycles. The summed E-state index contributed by atoms with van der Waals surface area (Å²) in [6.45, 7) is 1.96. The van der Waals surface area contributed by atoms with Gasteiger partial charge in [0.2, 0.25) is 5.91 Å². The number of benzene rings is 3. The molecule has 0 saturated carbocycles. The van der Waals surface area contributed by atoms with Crippen LogP contribution < -0.4 is 10.1 Å². The second-order valence-electron chi connectivity index (χ2n) is 7.57. The maximum Gasteiger partial charge on any atom is 0.261 e. The summed E-state index contributed by atoms with van der Waals surface area (Å²) >= 11 is 6.10. The van der Waals surface area contributed by atoms with Crippen LogP contribution in [0.2, 0.25) is 5.02 Å². The summed E-state index contributed by atoms with van der Waals surface area (Å²) in [4.78, 5) is 27.3. The molecule has 0 spiro atoms. The van der Waals surface area contributed by atoms with Crippen molar-refractivity contribution in [3.05, 3.63) is 101 Å². The predicted octanol–water partition coefficient (Wildman–Crippen LogP) is 4.63. The number of ether oxygens (including phenoxy) is 1. The number of hydrogen-bond acceptors (Lipinski definition) is 3. The topological polar surface area (TPSA) is 58.6 Å². The van der Waals surface area contributed by atoms with Crippen LogP contribution in [0.5, 0.6) is 5.75 Å². The highest BCUT2D eigenvalue weighted by Crippen LogP contribution is 2.23. The Labute approximate surface area is 198 Å². The number of carbonyl (C=O) groups is 2. The Morgan fingerprint density at radius 1 is 0.970 bits per heavy atom. The number of carbonyl (C=O) groups excluding carboxylic acids is 2. The van der Waals surface area contributed by atoms with Gasteiger partial charge in [0.25, 0.3) is 5.91 Å². The van der Waals surface area contributed by atoms with Crippen LogP contribution in [0, 0.1) is 5.82 Å². The van der Waals surface area contributed by atoms with E-state index in [2.05, 4.69) is 5.32 Å². The summed E-state index contributed by atoms with van der Waals surface area (Å²) in [7, 11) is 0. The van der Waals surface area contributed by atoms with E-state index >= 15 is 0 Å². The number of nitrogens with one attached hydrogen (secondary N) is 1. The van der Waals surface area contributed by atoms with Gasteiger partial charge in [0.1, 0.15) is 17.6 Å². The molecular formula is C26H26ClFN2O3. The first kappa shape index (κ1) is 24.3.